The Hall–Kier alpha value is -1.60. The van der Waals surface area contributed by atoms with Crippen LogP contribution in [-0.4, -0.2) is 22.6 Å². The lowest BCUT2D eigenvalue weighted by molar-refractivity contribution is 0.260. The van der Waals surface area contributed by atoms with Gasteiger partial charge in [-0.1, -0.05) is 20.8 Å². The van der Waals surface area contributed by atoms with E-state index in [1.165, 1.54) is 11.3 Å². The molecule has 2 rings (SSSR count). The van der Waals surface area contributed by atoms with Crippen LogP contribution in [0.15, 0.2) is 10.9 Å². The first-order valence-corrected chi connectivity index (χ1v) is 7.40. The third kappa shape index (κ3) is 2.94. The third-order valence-corrected chi connectivity index (χ3v) is 3.89. The van der Waals surface area contributed by atoms with Gasteiger partial charge in [0.05, 0.1) is 12.5 Å². The Morgan fingerprint density at radius 2 is 2.20 bits per heavy atom. The predicted molar refractivity (Wildman–Crippen MR) is 79.5 cm³/mol. The summed E-state index contributed by atoms with van der Waals surface area (Å²) in [6.45, 7) is 10.1. The molecule has 0 amide bonds. The molecule has 1 aliphatic heterocycles. The van der Waals surface area contributed by atoms with E-state index in [0.29, 0.717) is 11.5 Å². The topological polar surface area (TPSA) is 49.0 Å². The summed E-state index contributed by atoms with van der Waals surface area (Å²) < 4.78 is 1.92. The lowest BCUT2D eigenvalue weighted by atomic mass is 10.0. The lowest BCUT2D eigenvalue weighted by Gasteiger charge is -2.30. The standard InChI is InChI=1S/C16H23N3O/c1-4-18-8-6-15-14(11-18)9-13(5-7-17)16(20)19(15)10-12(2)3/h9,12H,4-6,8,10-11H2,1-3H3. The van der Waals surface area contributed by atoms with E-state index in [1.807, 2.05) is 10.6 Å². The second kappa shape index (κ2) is 6.23. The number of aromatic nitrogens is 1. The molecule has 0 saturated carbocycles. The van der Waals surface area contributed by atoms with Gasteiger partial charge in [0.25, 0.3) is 5.56 Å². The van der Waals surface area contributed by atoms with Crippen molar-refractivity contribution in [2.75, 3.05) is 13.1 Å². The van der Waals surface area contributed by atoms with Gasteiger partial charge >= 0.3 is 0 Å². The molecule has 1 aliphatic rings. The van der Waals surface area contributed by atoms with Crippen molar-refractivity contribution in [3.05, 3.63) is 33.2 Å². The smallest absolute Gasteiger partial charge is 0.255 e. The van der Waals surface area contributed by atoms with Crippen LogP contribution in [-0.2, 0) is 25.9 Å². The summed E-state index contributed by atoms with van der Waals surface area (Å²) in [5, 5.41) is 8.91. The fourth-order valence-electron chi connectivity index (χ4n) is 2.88. The van der Waals surface area contributed by atoms with E-state index < -0.39 is 0 Å². The Bertz CT molecular complexity index is 581. The van der Waals surface area contributed by atoms with Crippen molar-refractivity contribution in [3.63, 3.8) is 0 Å². The molecule has 0 unspecified atom stereocenters. The molecule has 4 heteroatoms. The van der Waals surface area contributed by atoms with E-state index in [-0.39, 0.29) is 12.0 Å². The van der Waals surface area contributed by atoms with Gasteiger partial charge in [0.1, 0.15) is 0 Å². The van der Waals surface area contributed by atoms with E-state index in [9.17, 15) is 4.79 Å². The quantitative estimate of drug-likeness (QED) is 0.842. The summed E-state index contributed by atoms with van der Waals surface area (Å²) >= 11 is 0. The number of nitrogens with zero attached hydrogens (tertiary/aromatic N) is 3. The molecule has 4 nitrogen and oxygen atoms in total. The van der Waals surface area contributed by atoms with Crippen LogP contribution in [0.4, 0.5) is 0 Å². The van der Waals surface area contributed by atoms with Crippen LogP contribution < -0.4 is 5.56 Å². The van der Waals surface area contributed by atoms with Crippen molar-refractivity contribution < 1.29 is 0 Å². The first-order valence-electron chi connectivity index (χ1n) is 7.40. The molecule has 0 atom stereocenters. The maximum Gasteiger partial charge on any atom is 0.255 e. The van der Waals surface area contributed by atoms with Crippen LogP contribution in [0.2, 0.25) is 0 Å². The minimum Gasteiger partial charge on any atom is -0.312 e. The van der Waals surface area contributed by atoms with Crippen LogP contribution in [0.1, 0.15) is 37.6 Å². The van der Waals surface area contributed by atoms with Crippen molar-refractivity contribution in [3.8, 4) is 6.07 Å². The van der Waals surface area contributed by atoms with Crippen molar-refractivity contribution >= 4 is 0 Å². The van der Waals surface area contributed by atoms with Crippen molar-refractivity contribution in [2.24, 2.45) is 5.92 Å². The molecule has 1 aromatic rings. The number of fused-ring (bicyclic) bond motifs is 1. The molecular formula is C16H23N3O. The largest absolute Gasteiger partial charge is 0.312 e. The van der Waals surface area contributed by atoms with E-state index in [1.54, 1.807) is 0 Å². The Labute approximate surface area is 120 Å². The summed E-state index contributed by atoms with van der Waals surface area (Å²) in [6.07, 6.45) is 1.13. The molecule has 0 N–H and O–H groups in total. The van der Waals surface area contributed by atoms with Crippen LogP contribution in [0.25, 0.3) is 0 Å². The van der Waals surface area contributed by atoms with Gasteiger partial charge in [-0.25, -0.2) is 0 Å². The molecule has 2 heterocycles. The summed E-state index contributed by atoms with van der Waals surface area (Å²) in [7, 11) is 0. The second-order valence-electron chi connectivity index (χ2n) is 5.90. The van der Waals surface area contributed by atoms with E-state index in [2.05, 4.69) is 31.7 Å². The van der Waals surface area contributed by atoms with Gasteiger partial charge in [-0.3, -0.25) is 9.69 Å². The molecule has 0 fully saturated rings. The number of nitriles is 1. The third-order valence-electron chi connectivity index (χ3n) is 3.89. The second-order valence-corrected chi connectivity index (χ2v) is 5.90. The number of pyridine rings is 1. The zero-order valence-electron chi connectivity index (χ0n) is 12.6. The first-order chi connectivity index (χ1) is 9.56. The zero-order chi connectivity index (χ0) is 14.7. The molecule has 108 valence electrons. The minimum atomic E-state index is 0.0314. The first kappa shape index (κ1) is 14.8. The molecule has 1 aromatic heterocycles. The Balaban J connectivity index is 2.51. The minimum absolute atomic E-state index is 0.0314. The van der Waals surface area contributed by atoms with Gasteiger partial charge in [-0.2, -0.15) is 5.26 Å². The monoisotopic (exact) mass is 273 g/mol. The molecule has 0 radical (unpaired) electrons. The van der Waals surface area contributed by atoms with Gasteiger partial charge in [0, 0.05) is 37.3 Å². The number of rotatable bonds is 4. The van der Waals surface area contributed by atoms with Gasteiger partial charge in [-0.05, 0) is 24.1 Å². The highest BCUT2D eigenvalue weighted by molar-refractivity contribution is 5.30. The summed E-state index contributed by atoms with van der Waals surface area (Å²) in [6, 6.07) is 4.07. The average molecular weight is 273 g/mol. The average Bonchev–Trinajstić information content (AvgIpc) is 2.42. The molecular weight excluding hydrogens is 250 g/mol. The molecule has 0 aliphatic carbocycles. The summed E-state index contributed by atoms with van der Waals surface area (Å²) in [4.78, 5) is 14.9. The van der Waals surface area contributed by atoms with Gasteiger partial charge < -0.3 is 4.57 Å². The van der Waals surface area contributed by atoms with Gasteiger partial charge in [0.2, 0.25) is 0 Å². The van der Waals surface area contributed by atoms with Gasteiger partial charge in [0.15, 0.2) is 0 Å². The highest BCUT2D eigenvalue weighted by Crippen LogP contribution is 2.19. The molecule has 0 bridgehead atoms. The van der Waals surface area contributed by atoms with Crippen LogP contribution >= 0.6 is 0 Å². The number of hydrogen-bond donors (Lipinski definition) is 0. The normalized spacial score (nSPS) is 15.2. The number of hydrogen-bond acceptors (Lipinski definition) is 3. The molecule has 0 spiro atoms. The Morgan fingerprint density at radius 1 is 1.45 bits per heavy atom. The summed E-state index contributed by atoms with van der Waals surface area (Å²) in [5.41, 5.74) is 3.08. The summed E-state index contributed by atoms with van der Waals surface area (Å²) in [5.74, 6) is 0.429. The van der Waals surface area contributed by atoms with Crippen molar-refractivity contribution in [2.45, 2.75) is 46.7 Å². The van der Waals surface area contributed by atoms with Crippen molar-refractivity contribution in [1.29, 1.82) is 5.26 Å². The fourth-order valence-corrected chi connectivity index (χ4v) is 2.88. The van der Waals surface area contributed by atoms with E-state index in [4.69, 9.17) is 5.26 Å². The predicted octanol–water partition coefficient (Wildman–Crippen LogP) is 1.95. The highest BCUT2D eigenvalue weighted by atomic mass is 16.1. The molecule has 20 heavy (non-hydrogen) atoms. The Morgan fingerprint density at radius 3 is 2.80 bits per heavy atom. The zero-order valence-corrected chi connectivity index (χ0v) is 12.6. The SMILES string of the molecule is CCN1CCc2c(cc(CC#N)c(=O)n2CC(C)C)C1. The fraction of sp³-hybridized carbons (Fsp3) is 0.625. The van der Waals surface area contributed by atoms with E-state index in [0.717, 1.165) is 32.6 Å². The van der Waals surface area contributed by atoms with E-state index >= 15 is 0 Å². The molecule has 0 saturated heterocycles. The highest BCUT2D eigenvalue weighted by Gasteiger charge is 2.21. The molecule has 0 aromatic carbocycles. The Kier molecular flexibility index (Phi) is 4.61. The number of likely N-dealkylation sites (N-methyl/N-ethyl adjacent to an activating group) is 1. The van der Waals surface area contributed by atoms with Crippen molar-refractivity contribution in [1.82, 2.24) is 9.47 Å². The van der Waals surface area contributed by atoms with Crippen LogP contribution in [0, 0.1) is 17.2 Å². The maximum atomic E-state index is 12.5. The lowest BCUT2D eigenvalue weighted by Crippen LogP contribution is -2.37. The van der Waals surface area contributed by atoms with Gasteiger partial charge in [-0.15, -0.1) is 0 Å². The maximum absolute atomic E-state index is 12.5. The van der Waals surface area contributed by atoms with Crippen LogP contribution in [0.5, 0.6) is 0 Å². The van der Waals surface area contributed by atoms with Crippen LogP contribution in [0.3, 0.4) is 0 Å².